The van der Waals surface area contributed by atoms with E-state index in [1.165, 1.54) is 23.7 Å². The lowest BCUT2D eigenvalue weighted by atomic mass is 9.99. The van der Waals surface area contributed by atoms with Crippen LogP contribution in [0.15, 0.2) is 18.2 Å². The number of nitro benzene ring substituents is 1. The molecular formula is C18H21ClFN3O5. The number of hydrogen-bond donors (Lipinski definition) is 1. The van der Waals surface area contributed by atoms with E-state index >= 15 is 0 Å². The van der Waals surface area contributed by atoms with Crippen LogP contribution in [0.2, 0.25) is 5.15 Å². The number of carbonyl (C=O) groups is 1. The van der Waals surface area contributed by atoms with Gasteiger partial charge in [0.15, 0.2) is 5.82 Å². The molecule has 0 fully saturated rings. The zero-order chi connectivity index (χ0) is 20.8. The Kier molecular flexibility index (Phi) is 7.47. The highest BCUT2D eigenvalue weighted by Gasteiger charge is 2.22. The first-order valence-corrected chi connectivity index (χ1v) is 9.19. The van der Waals surface area contributed by atoms with Crippen LogP contribution in [0.25, 0.3) is 5.69 Å². The molecule has 0 saturated heterocycles. The molecule has 2 aromatic rings. The normalized spacial score (nSPS) is 13.8. The van der Waals surface area contributed by atoms with Crippen LogP contribution in [0.3, 0.4) is 0 Å². The number of halogens is 2. The van der Waals surface area contributed by atoms with Gasteiger partial charge in [-0.1, -0.05) is 11.6 Å². The fraction of sp³-hybridized carbons (Fsp3) is 0.444. The molecule has 1 N–H and O–H groups in total. The monoisotopic (exact) mass is 413 g/mol. The van der Waals surface area contributed by atoms with Crippen LogP contribution in [-0.2, 0) is 22.4 Å². The van der Waals surface area contributed by atoms with E-state index < -0.39 is 22.8 Å². The summed E-state index contributed by atoms with van der Waals surface area (Å²) in [7, 11) is 0. The lowest BCUT2D eigenvalue weighted by Crippen LogP contribution is -2.18. The van der Waals surface area contributed by atoms with Gasteiger partial charge in [0.05, 0.1) is 23.3 Å². The summed E-state index contributed by atoms with van der Waals surface area (Å²) < 4.78 is 19.8. The Morgan fingerprint density at radius 1 is 1.46 bits per heavy atom. The molecule has 1 aromatic heterocycles. The van der Waals surface area contributed by atoms with Crippen molar-refractivity contribution in [3.63, 3.8) is 0 Å². The maximum Gasteiger partial charge on any atom is 0.334 e. The third-order valence-electron chi connectivity index (χ3n) is 4.09. The summed E-state index contributed by atoms with van der Waals surface area (Å²) in [5.74, 6) is -1.27. The first kappa shape index (κ1) is 21.8. The van der Waals surface area contributed by atoms with Crippen molar-refractivity contribution in [3.05, 3.63) is 50.5 Å². The Balaban J connectivity index is 0.000000300. The van der Waals surface area contributed by atoms with Crippen molar-refractivity contribution in [1.82, 2.24) is 9.78 Å². The molecule has 10 heteroatoms. The molecule has 1 aliphatic rings. The van der Waals surface area contributed by atoms with E-state index in [0.29, 0.717) is 11.8 Å². The average Bonchev–Trinajstić information content (AvgIpc) is 2.99. The molecule has 0 spiro atoms. The highest BCUT2D eigenvalue weighted by molar-refractivity contribution is 6.30. The minimum atomic E-state index is -0.991. The molecular weight excluding hydrogens is 393 g/mol. The molecule has 8 nitrogen and oxygen atoms in total. The number of aliphatic hydroxyl groups is 1. The summed E-state index contributed by atoms with van der Waals surface area (Å²) in [6.07, 6.45) is 2.76. The zero-order valence-electron chi connectivity index (χ0n) is 15.5. The second-order valence-corrected chi connectivity index (χ2v) is 6.51. The van der Waals surface area contributed by atoms with Gasteiger partial charge >= 0.3 is 5.97 Å². The summed E-state index contributed by atoms with van der Waals surface area (Å²) in [5.41, 5.74) is 1.68. The van der Waals surface area contributed by atoms with E-state index in [1.807, 2.05) is 0 Å². The minimum absolute atomic E-state index is 0.134. The number of rotatable bonds is 4. The van der Waals surface area contributed by atoms with Gasteiger partial charge in [0.2, 0.25) is 0 Å². The quantitative estimate of drug-likeness (QED) is 0.467. The van der Waals surface area contributed by atoms with E-state index in [1.54, 1.807) is 6.92 Å². The molecule has 152 valence electrons. The van der Waals surface area contributed by atoms with Crippen LogP contribution >= 0.6 is 11.6 Å². The molecule has 1 heterocycles. The van der Waals surface area contributed by atoms with Crippen LogP contribution in [0, 0.1) is 15.9 Å². The molecule has 1 atom stereocenters. The van der Waals surface area contributed by atoms with Crippen LogP contribution in [-0.4, -0.2) is 38.5 Å². The van der Waals surface area contributed by atoms with Crippen molar-refractivity contribution in [2.45, 2.75) is 45.6 Å². The molecule has 0 aliphatic heterocycles. The molecule has 0 radical (unpaired) electrons. The molecule has 1 unspecified atom stereocenters. The highest BCUT2D eigenvalue weighted by Crippen LogP contribution is 2.31. The van der Waals surface area contributed by atoms with Gasteiger partial charge in [-0.05, 0) is 45.6 Å². The van der Waals surface area contributed by atoms with E-state index in [4.69, 9.17) is 16.7 Å². The highest BCUT2D eigenvalue weighted by atomic mass is 35.5. The molecule has 28 heavy (non-hydrogen) atoms. The molecule has 1 aliphatic carbocycles. The fourth-order valence-corrected chi connectivity index (χ4v) is 3.05. The fourth-order valence-electron chi connectivity index (χ4n) is 2.72. The number of aryl methyl sites for hydroxylation is 1. The zero-order valence-corrected chi connectivity index (χ0v) is 16.3. The number of hydrogen-bond acceptors (Lipinski definition) is 6. The SMILES string of the molecule is CCOC(=O)C(C)O.O=[N+]([O-])c1ccc(-n2nc3c(c2Cl)CCCC3)c(F)c1. The number of non-ortho nitro benzene ring substituents is 1. The molecule has 0 amide bonds. The lowest BCUT2D eigenvalue weighted by molar-refractivity contribution is -0.385. The molecule has 0 bridgehead atoms. The lowest BCUT2D eigenvalue weighted by Gasteiger charge is -2.08. The Bertz CT molecular complexity index is 869. The Labute approximate surface area is 166 Å². The number of benzene rings is 1. The van der Waals surface area contributed by atoms with Gasteiger partial charge in [-0.3, -0.25) is 10.1 Å². The van der Waals surface area contributed by atoms with Crippen molar-refractivity contribution in [2.24, 2.45) is 0 Å². The topological polar surface area (TPSA) is 107 Å². The summed E-state index contributed by atoms with van der Waals surface area (Å²) in [5, 5.41) is 23.8. The van der Waals surface area contributed by atoms with Gasteiger partial charge in [0.1, 0.15) is 16.9 Å². The van der Waals surface area contributed by atoms with Gasteiger partial charge in [0, 0.05) is 11.6 Å². The van der Waals surface area contributed by atoms with E-state index in [-0.39, 0.29) is 11.4 Å². The summed E-state index contributed by atoms with van der Waals surface area (Å²) in [6, 6.07) is 3.46. The third kappa shape index (κ3) is 5.05. The number of nitro groups is 1. The maximum absolute atomic E-state index is 14.0. The van der Waals surface area contributed by atoms with Crippen LogP contribution in [0.4, 0.5) is 10.1 Å². The maximum atomic E-state index is 14.0. The third-order valence-corrected chi connectivity index (χ3v) is 4.48. The van der Waals surface area contributed by atoms with E-state index in [2.05, 4.69) is 9.84 Å². The standard InChI is InChI=1S/C13H11ClFN3O2.C5H10O3/c14-13-9-3-1-2-4-11(9)16-17(13)12-6-5-8(18(19)20)7-10(12)15;1-3-8-5(7)4(2)6/h5-7H,1-4H2;4,6H,3H2,1-2H3. The molecule has 3 rings (SSSR count). The van der Waals surface area contributed by atoms with Gasteiger partial charge in [-0.25, -0.2) is 13.9 Å². The second-order valence-electron chi connectivity index (χ2n) is 6.16. The van der Waals surface area contributed by atoms with Crippen molar-refractivity contribution in [1.29, 1.82) is 0 Å². The summed E-state index contributed by atoms with van der Waals surface area (Å²) >= 11 is 6.25. The Morgan fingerprint density at radius 2 is 2.14 bits per heavy atom. The largest absolute Gasteiger partial charge is 0.464 e. The van der Waals surface area contributed by atoms with E-state index in [9.17, 15) is 19.3 Å². The van der Waals surface area contributed by atoms with Crippen LogP contribution in [0.1, 0.15) is 37.9 Å². The van der Waals surface area contributed by atoms with Gasteiger partial charge in [-0.15, -0.1) is 0 Å². The molecule has 1 aromatic carbocycles. The van der Waals surface area contributed by atoms with Crippen LogP contribution in [0.5, 0.6) is 0 Å². The van der Waals surface area contributed by atoms with Crippen molar-refractivity contribution in [2.75, 3.05) is 6.61 Å². The number of fused-ring (bicyclic) bond motifs is 1. The predicted octanol–water partition coefficient (Wildman–Crippen LogP) is 3.38. The predicted molar refractivity (Wildman–Crippen MR) is 100 cm³/mol. The smallest absolute Gasteiger partial charge is 0.334 e. The number of carbonyl (C=O) groups excluding carboxylic acids is 1. The number of nitrogens with zero attached hydrogens (tertiary/aromatic N) is 3. The number of ether oxygens (including phenoxy) is 1. The number of esters is 1. The van der Waals surface area contributed by atoms with Crippen molar-refractivity contribution >= 4 is 23.3 Å². The van der Waals surface area contributed by atoms with Gasteiger partial charge in [-0.2, -0.15) is 5.10 Å². The summed E-state index contributed by atoms with van der Waals surface area (Å²) in [4.78, 5) is 20.3. The van der Waals surface area contributed by atoms with E-state index in [0.717, 1.165) is 43.0 Å². The second kappa shape index (κ2) is 9.61. The summed E-state index contributed by atoms with van der Waals surface area (Å²) in [6.45, 7) is 3.39. The van der Waals surface area contributed by atoms with Gasteiger partial charge < -0.3 is 9.84 Å². The van der Waals surface area contributed by atoms with Crippen molar-refractivity contribution in [3.8, 4) is 5.69 Å². The Hall–Kier alpha value is -2.52. The first-order valence-electron chi connectivity index (χ1n) is 8.81. The van der Waals surface area contributed by atoms with Crippen molar-refractivity contribution < 1.29 is 24.0 Å². The number of aromatic nitrogens is 2. The number of aliphatic hydroxyl groups excluding tert-OH is 1. The van der Waals surface area contributed by atoms with Crippen LogP contribution < -0.4 is 0 Å². The van der Waals surface area contributed by atoms with Gasteiger partial charge in [0.25, 0.3) is 5.69 Å². The average molecular weight is 414 g/mol. The molecule has 0 saturated carbocycles. The minimum Gasteiger partial charge on any atom is -0.464 e. The first-order chi connectivity index (χ1) is 13.3. The Morgan fingerprint density at radius 3 is 2.64 bits per heavy atom.